The van der Waals surface area contributed by atoms with Gasteiger partial charge in [-0.15, -0.1) is 0 Å². The van der Waals surface area contributed by atoms with Crippen molar-refractivity contribution in [3.63, 3.8) is 0 Å². The number of hydrogen-bond donors (Lipinski definition) is 4. The van der Waals surface area contributed by atoms with Crippen LogP contribution in [0.25, 0.3) is 0 Å². The molecule has 2 aromatic rings. The van der Waals surface area contributed by atoms with Crippen LogP contribution in [0.3, 0.4) is 0 Å². The first-order chi connectivity index (χ1) is 24.7. The molecule has 4 fully saturated rings. The SMILES string of the molecule is C=C1C(=CC=C2CCC[C@]3(C)[C@@H]([C@H](C)CC[C@H](OC(=O)Nc4c(F)c(F)c(F)c(F)c4F)C4(c5ncc(CCC)[nH]5)CC4)CC[C@@H]23)C[C@@H](O)C[C@@H]1O. The molecule has 4 N–H and O–H groups in total. The highest BCUT2D eigenvalue weighted by Crippen LogP contribution is 2.60. The highest BCUT2D eigenvalue weighted by atomic mass is 19.2. The summed E-state index contributed by atoms with van der Waals surface area (Å²) in [6.07, 6.45) is 12.6. The summed E-state index contributed by atoms with van der Waals surface area (Å²) in [5.74, 6) is -9.28. The summed E-state index contributed by atoms with van der Waals surface area (Å²) in [6, 6.07) is 0. The van der Waals surface area contributed by atoms with Gasteiger partial charge in [-0.1, -0.05) is 51.5 Å². The first-order valence-corrected chi connectivity index (χ1v) is 18.7. The van der Waals surface area contributed by atoms with Crippen molar-refractivity contribution >= 4 is 11.8 Å². The van der Waals surface area contributed by atoms with E-state index < -0.39 is 64.6 Å². The Labute approximate surface area is 301 Å². The molecule has 7 atom stereocenters. The van der Waals surface area contributed by atoms with Crippen LogP contribution in [0.5, 0.6) is 0 Å². The number of fused-ring (bicyclic) bond motifs is 1. The molecule has 0 saturated heterocycles. The minimum absolute atomic E-state index is 0.0391. The number of aromatic nitrogens is 2. The van der Waals surface area contributed by atoms with Crippen LogP contribution < -0.4 is 5.32 Å². The van der Waals surface area contributed by atoms with Gasteiger partial charge in [0.25, 0.3) is 0 Å². The molecule has 0 aliphatic heterocycles. The molecule has 4 saturated carbocycles. The second kappa shape index (κ2) is 15.1. The maximum absolute atomic E-state index is 14.5. The summed E-state index contributed by atoms with van der Waals surface area (Å²) in [5.41, 5.74) is 1.78. The maximum atomic E-state index is 14.5. The first kappa shape index (κ1) is 38.2. The van der Waals surface area contributed by atoms with Gasteiger partial charge in [-0.05, 0) is 105 Å². The van der Waals surface area contributed by atoms with Crippen molar-refractivity contribution in [2.24, 2.45) is 23.2 Å². The third-order valence-corrected chi connectivity index (χ3v) is 12.6. The topological polar surface area (TPSA) is 107 Å². The van der Waals surface area contributed by atoms with Crippen LogP contribution >= 0.6 is 0 Å². The lowest BCUT2D eigenvalue weighted by Crippen LogP contribution is -2.37. The van der Waals surface area contributed by atoms with Crippen LogP contribution in [-0.2, 0) is 16.6 Å². The Hall–Kier alpha value is -3.51. The third kappa shape index (κ3) is 7.21. The van der Waals surface area contributed by atoms with Gasteiger partial charge in [-0.3, -0.25) is 5.32 Å². The van der Waals surface area contributed by atoms with Crippen LogP contribution in [0.4, 0.5) is 32.4 Å². The van der Waals surface area contributed by atoms with Gasteiger partial charge in [0.15, 0.2) is 23.3 Å². The van der Waals surface area contributed by atoms with Crippen molar-refractivity contribution in [1.82, 2.24) is 9.97 Å². The molecule has 1 amide bonds. The number of halogens is 5. The van der Waals surface area contributed by atoms with E-state index in [2.05, 4.69) is 36.5 Å². The molecule has 52 heavy (non-hydrogen) atoms. The minimum atomic E-state index is -2.31. The van der Waals surface area contributed by atoms with Gasteiger partial charge in [-0.2, -0.15) is 0 Å². The Bertz CT molecular complexity index is 1720. The maximum Gasteiger partial charge on any atom is 0.412 e. The zero-order valence-corrected chi connectivity index (χ0v) is 30.1. The number of nitrogens with zero attached hydrogens (tertiary/aromatic N) is 1. The molecule has 0 unspecified atom stereocenters. The number of amides is 1. The monoisotopic (exact) mass is 731 g/mol. The van der Waals surface area contributed by atoms with Crippen LogP contribution in [0.2, 0.25) is 0 Å². The number of aliphatic hydroxyl groups excluding tert-OH is 2. The molecule has 0 bridgehead atoms. The molecule has 6 rings (SSSR count). The van der Waals surface area contributed by atoms with E-state index in [0.717, 1.165) is 56.2 Å². The van der Waals surface area contributed by atoms with Gasteiger partial charge in [0.05, 0.1) is 17.6 Å². The lowest BCUT2D eigenvalue weighted by molar-refractivity contribution is 0.0577. The summed E-state index contributed by atoms with van der Waals surface area (Å²) >= 11 is 0. The first-order valence-electron chi connectivity index (χ1n) is 18.7. The lowest BCUT2D eigenvalue weighted by Gasteiger charge is -2.44. The van der Waals surface area contributed by atoms with Gasteiger partial charge < -0.3 is 19.9 Å². The van der Waals surface area contributed by atoms with Gasteiger partial charge in [0.1, 0.15) is 17.6 Å². The second-order valence-corrected chi connectivity index (χ2v) is 15.8. The Balaban J connectivity index is 1.19. The van der Waals surface area contributed by atoms with Crippen molar-refractivity contribution in [2.75, 3.05) is 5.32 Å². The number of carbonyl (C=O) groups excluding carboxylic acids is 1. The number of allylic oxidation sites excluding steroid dienone is 3. The quantitative estimate of drug-likeness (QED) is 0.105. The van der Waals surface area contributed by atoms with E-state index >= 15 is 0 Å². The fourth-order valence-corrected chi connectivity index (χ4v) is 9.57. The van der Waals surface area contributed by atoms with Crippen molar-refractivity contribution in [3.05, 3.63) is 82.3 Å². The van der Waals surface area contributed by atoms with E-state index in [0.29, 0.717) is 61.8 Å². The number of carbonyl (C=O) groups is 1. The molecule has 0 radical (unpaired) electrons. The lowest BCUT2D eigenvalue weighted by atomic mass is 9.60. The molecule has 4 aliphatic carbocycles. The zero-order chi connectivity index (χ0) is 37.5. The second-order valence-electron chi connectivity index (χ2n) is 15.8. The Morgan fingerprint density at radius 2 is 1.77 bits per heavy atom. The molecule has 0 spiro atoms. The fourth-order valence-electron chi connectivity index (χ4n) is 9.57. The van der Waals surface area contributed by atoms with Crippen LogP contribution in [0.15, 0.2) is 41.6 Å². The number of rotatable bonds is 11. The predicted molar refractivity (Wildman–Crippen MR) is 187 cm³/mol. The highest BCUT2D eigenvalue weighted by Gasteiger charge is 2.56. The number of H-pyrrole nitrogens is 1. The zero-order valence-electron chi connectivity index (χ0n) is 30.1. The normalized spacial score (nSPS) is 29.6. The van der Waals surface area contributed by atoms with Gasteiger partial charge >= 0.3 is 6.09 Å². The van der Waals surface area contributed by atoms with E-state index in [4.69, 9.17) is 4.74 Å². The summed E-state index contributed by atoms with van der Waals surface area (Å²) in [7, 11) is 0. The Morgan fingerprint density at radius 1 is 1.08 bits per heavy atom. The predicted octanol–water partition coefficient (Wildman–Crippen LogP) is 9.26. The fraction of sp³-hybridized carbons (Fsp3) is 0.600. The third-order valence-electron chi connectivity index (χ3n) is 12.6. The number of benzene rings is 1. The molecular weight excluding hydrogens is 681 g/mol. The molecule has 12 heteroatoms. The summed E-state index contributed by atoms with van der Waals surface area (Å²) in [6.45, 7) is 10.7. The van der Waals surface area contributed by atoms with Crippen molar-refractivity contribution < 1.29 is 41.7 Å². The van der Waals surface area contributed by atoms with Crippen molar-refractivity contribution in [2.45, 2.75) is 128 Å². The van der Waals surface area contributed by atoms with Gasteiger partial charge in [0.2, 0.25) is 5.82 Å². The molecule has 4 aliphatic rings. The molecule has 1 aromatic heterocycles. The van der Waals surface area contributed by atoms with Gasteiger partial charge in [0, 0.05) is 18.3 Å². The molecule has 284 valence electrons. The number of ether oxygens (including phenoxy) is 1. The molecule has 7 nitrogen and oxygen atoms in total. The number of aliphatic hydroxyl groups is 2. The van der Waals surface area contributed by atoms with E-state index in [9.17, 15) is 37.0 Å². The summed E-state index contributed by atoms with van der Waals surface area (Å²) in [4.78, 5) is 21.2. The van der Waals surface area contributed by atoms with E-state index in [1.165, 1.54) is 5.57 Å². The number of hydrogen-bond acceptors (Lipinski definition) is 5. The molecule has 1 heterocycles. The average molecular weight is 732 g/mol. The summed E-state index contributed by atoms with van der Waals surface area (Å²) < 4.78 is 76.3. The smallest absolute Gasteiger partial charge is 0.412 e. The standard InChI is InChI=1S/C40H50F5N3O4/c1-5-7-25-20-46-37(47-25)40(16-17-40)30(52-38(51)48-36-34(44)32(42)31(41)33(43)35(36)45)14-9-21(2)27-12-13-28-23(8-6-15-39(27,28)4)10-11-24-18-26(49)19-29(50)22(24)3/h10-11,20-21,26-30,49-50H,3,5-9,12-19H2,1-2,4H3,(H,46,47)(H,48,51)/t21-,26-,27-,28+,29+,30+,39-/m1/s1. The van der Waals surface area contributed by atoms with Crippen LogP contribution in [0, 0.1) is 52.3 Å². The Kier molecular flexibility index (Phi) is 11.1. The van der Waals surface area contributed by atoms with Gasteiger partial charge in [-0.25, -0.2) is 31.7 Å². The minimum Gasteiger partial charge on any atom is -0.445 e. The van der Waals surface area contributed by atoms with Crippen molar-refractivity contribution in [3.8, 4) is 0 Å². The number of aromatic amines is 1. The highest BCUT2D eigenvalue weighted by molar-refractivity contribution is 5.85. The van der Waals surface area contributed by atoms with Crippen LogP contribution in [-0.4, -0.2) is 44.6 Å². The molecular formula is C40H50F5N3O4. The largest absolute Gasteiger partial charge is 0.445 e. The van der Waals surface area contributed by atoms with E-state index in [1.54, 1.807) is 11.5 Å². The number of nitrogens with one attached hydrogen (secondary N) is 2. The number of imidazole rings is 1. The molecule has 1 aromatic carbocycles. The average Bonchev–Trinajstić information content (AvgIpc) is 3.64. The van der Waals surface area contributed by atoms with Crippen LogP contribution in [0.1, 0.15) is 109 Å². The van der Waals surface area contributed by atoms with E-state index in [1.807, 2.05) is 13.0 Å². The number of aryl methyl sites for hydroxylation is 1. The van der Waals surface area contributed by atoms with Crippen molar-refractivity contribution in [1.29, 1.82) is 0 Å². The Morgan fingerprint density at radius 3 is 2.44 bits per heavy atom. The summed E-state index contributed by atoms with van der Waals surface area (Å²) in [5, 5.41) is 22.3. The number of anilines is 1. The van der Waals surface area contributed by atoms with E-state index in [-0.39, 0.29) is 11.3 Å².